The molecule has 0 saturated heterocycles. The van der Waals surface area contributed by atoms with E-state index in [1.807, 2.05) is 26.0 Å². The molecule has 0 bridgehead atoms. The summed E-state index contributed by atoms with van der Waals surface area (Å²) in [5.41, 5.74) is 3.53. The molecule has 0 radical (unpaired) electrons. The zero-order valence-electron chi connectivity index (χ0n) is 13.0. The second kappa shape index (κ2) is 5.95. The normalized spacial score (nSPS) is 14.1. The summed E-state index contributed by atoms with van der Waals surface area (Å²) in [4.78, 5) is 12.3. The van der Waals surface area contributed by atoms with Crippen molar-refractivity contribution in [3.8, 4) is 0 Å². The van der Waals surface area contributed by atoms with Gasteiger partial charge in [0, 0.05) is 24.0 Å². The number of amides is 1. The highest BCUT2D eigenvalue weighted by molar-refractivity contribution is 5.95. The van der Waals surface area contributed by atoms with Crippen LogP contribution in [0.4, 0.5) is 4.39 Å². The minimum atomic E-state index is -0.219. The van der Waals surface area contributed by atoms with Crippen LogP contribution in [0, 0.1) is 19.7 Å². The summed E-state index contributed by atoms with van der Waals surface area (Å²) < 4.78 is 15.8. The molecule has 4 heteroatoms. The molecule has 1 amide bonds. The van der Waals surface area contributed by atoms with E-state index < -0.39 is 0 Å². The van der Waals surface area contributed by atoms with Gasteiger partial charge in [0.1, 0.15) is 5.82 Å². The first kappa shape index (κ1) is 14.8. The fraction of sp³-hybridized carbons (Fsp3) is 0.389. The predicted octanol–water partition coefficient (Wildman–Crippen LogP) is 3.55. The van der Waals surface area contributed by atoms with Crippen molar-refractivity contribution in [2.45, 2.75) is 39.2 Å². The second-order valence-electron chi connectivity index (χ2n) is 5.98. The molecule has 1 aromatic carbocycles. The number of hydrogen-bond acceptors (Lipinski definition) is 1. The van der Waals surface area contributed by atoms with Crippen LogP contribution in [-0.2, 0) is 6.42 Å². The fourth-order valence-corrected chi connectivity index (χ4v) is 3.01. The molecule has 3 rings (SSSR count). The minimum absolute atomic E-state index is 0.0728. The molecular formula is C18H21FN2O. The lowest BCUT2D eigenvalue weighted by molar-refractivity contribution is 0.0953. The Balaban J connectivity index is 1.63. The lowest BCUT2D eigenvalue weighted by atomic mass is 10.1. The number of halogens is 1. The first-order chi connectivity index (χ1) is 10.6. The minimum Gasteiger partial charge on any atom is -0.352 e. The van der Waals surface area contributed by atoms with Crippen LogP contribution in [0.15, 0.2) is 30.3 Å². The van der Waals surface area contributed by atoms with Crippen LogP contribution in [0.3, 0.4) is 0 Å². The SMILES string of the molecule is Cc1cc(C(=O)NCCc2ccccc2F)c(C)n1C1CC1. The van der Waals surface area contributed by atoms with Gasteiger partial charge in [0.25, 0.3) is 5.91 Å². The molecule has 22 heavy (non-hydrogen) atoms. The quantitative estimate of drug-likeness (QED) is 0.900. The summed E-state index contributed by atoms with van der Waals surface area (Å²) >= 11 is 0. The van der Waals surface area contributed by atoms with Crippen LogP contribution in [0.2, 0.25) is 0 Å². The number of benzene rings is 1. The van der Waals surface area contributed by atoms with Crippen molar-refractivity contribution in [3.05, 3.63) is 58.7 Å². The molecule has 1 heterocycles. The third-order valence-electron chi connectivity index (χ3n) is 4.28. The zero-order valence-corrected chi connectivity index (χ0v) is 13.0. The van der Waals surface area contributed by atoms with Crippen LogP contribution in [-0.4, -0.2) is 17.0 Å². The summed E-state index contributed by atoms with van der Waals surface area (Å²) in [6.45, 7) is 4.48. The summed E-state index contributed by atoms with van der Waals surface area (Å²) in [5, 5.41) is 2.90. The van der Waals surface area contributed by atoms with E-state index in [9.17, 15) is 9.18 Å². The maximum absolute atomic E-state index is 13.5. The van der Waals surface area contributed by atoms with E-state index in [0.29, 0.717) is 24.6 Å². The Kier molecular flexibility index (Phi) is 4.01. The Morgan fingerprint density at radius 1 is 1.32 bits per heavy atom. The van der Waals surface area contributed by atoms with Crippen molar-refractivity contribution in [3.63, 3.8) is 0 Å². The molecule has 1 aliphatic carbocycles. The van der Waals surface area contributed by atoms with Gasteiger partial charge in [-0.25, -0.2) is 4.39 Å². The van der Waals surface area contributed by atoms with Crippen molar-refractivity contribution >= 4 is 5.91 Å². The molecule has 0 spiro atoms. The molecule has 2 aromatic rings. The molecule has 116 valence electrons. The van der Waals surface area contributed by atoms with Gasteiger partial charge in [-0.3, -0.25) is 4.79 Å². The van der Waals surface area contributed by atoms with Gasteiger partial charge in [0.15, 0.2) is 0 Å². The summed E-state index contributed by atoms with van der Waals surface area (Å²) in [7, 11) is 0. The van der Waals surface area contributed by atoms with E-state index >= 15 is 0 Å². The molecule has 1 fully saturated rings. The van der Waals surface area contributed by atoms with Crippen molar-refractivity contribution < 1.29 is 9.18 Å². The molecule has 0 atom stereocenters. The molecule has 3 nitrogen and oxygen atoms in total. The van der Waals surface area contributed by atoms with Gasteiger partial charge in [0.05, 0.1) is 5.56 Å². The molecular weight excluding hydrogens is 279 g/mol. The van der Waals surface area contributed by atoms with Gasteiger partial charge in [0.2, 0.25) is 0 Å². The third-order valence-corrected chi connectivity index (χ3v) is 4.28. The Bertz CT molecular complexity index is 701. The average molecular weight is 300 g/mol. The van der Waals surface area contributed by atoms with Gasteiger partial charge in [-0.15, -0.1) is 0 Å². The Hall–Kier alpha value is -2.10. The highest BCUT2D eigenvalue weighted by Gasteiger charge is 2.28. The summed E-state index contributed by atoms with van der Waals surface area (Å²) in [5.74, 6) is -0.292. The van der Waals surface area contributed by atoms with Crippen LogP contribution in [0.1, 0.15) is 46.2 Å². The van der Waals surface area contributed by atoms with Crippen molar-refractivity contribution in [2.75, 3.05) is 6.54 Å². The fourth-order valence-electron chi connectivity index (χ4n) is 3.01. The first-order valence-corrected chi connectivity index (χ1v) is 7.78. The van der Waals surface area contributed by atoms with Crippen molar-refractivity contribution in [1.82, 2.24) is 9.88 Å². The summed E-state index contributed by atoms with van der Waals surface area (Å²) in [6.07, 6.45) is 2.90. The average Bonchev–Trinajstić information content (AvgIpc) is 3.27. The number of nitrogens with one attached hydrogen (secondary N) is 1. The first-order valence-electron chi connectivity index (χ1n) is 7.78. The van der Waals surface area contributed by atoms with Gasteiger partial charge in [-0.05, 0) is 50.8 Å². The Labute approximate surface area is 130 Å². The molecule has 1 N–H and O–H groups in total. The number of carbonyl (C=O) groups excluding carboxylic acids is 1. The number of carbonyl (C=O) groups is 1. The van der Waals surface area contributed by atoms with E-state index in [2.05, 4.69) is 9.88 Å². The standard InChI is InChI=1S/C18H21FN2O/c1-12-11-16(13(2)21(12)15-7-8-15)18(22)20-10-9-14-5-3-4-6-17(14)19/h3-6,11,15H,7-10H2,1-2H3,(H,20,22). The van der Waals surface area contributed by atoms with Crippen LogP contribution >= 0.6 is 0 Å². The highest BCUT2D eigenvalue weighted by Crippen LogP contribution is 2.38. The molecule has 1 aliphatic rings. The van der Waals surface area contributed by atoms with E-state index in [4.69, 9.17) is 0 Å². The predicted molar refractivity (Wildman–Crippen MR) is 84.6 cm³/mol. The van der Waals surface area contributed by atoms with Gasteiger partial charge in [-0.2, -0.15) is 0 Å². The lowest BCUT2D eigenvalue weighted by Gasteiger charge is -2.08. The topological polar surface area (TPSA) is 34.0 Å². The van der Waals surface area contributed by atoms with Crippen molar-refractivity contribution in [1.29, 1.82) is 0 Å². The molecule has 0 unspecified atom stereocenters. The maximum atomic E-state index is 13.5. The van der Waals surface area contributed by atoms with Crippen molar-refractivity contribution in [2.24, 2.45) is 0 Å². The Morgan fingerprint density at radius 3 is 2.73 bits per heavy atom. The zero-order chi connectivity index (χ0) is 15.7. The number of nitrogens with zero attached hydrogens (tertiary/aromatic N) is 1. The van der Waals surface area contributed by atoms with Gasteiger partial charge < -0.3 is 9.88 Å². The number of rotatable bonds is 5. The molecule has 1 aromatic heterocycles. The van der Waals surface area contributed by atoms with Gasteiger partial charge in [-0.1, -0.05) is 18.2 Å². The number of hydrogen-bond donors (Lipinski definition) is 1. The smallest absolute Gasteiger partial charge is 0.253 e. The maximum Gasteiger partial charge on any atom is 0.253 e. The number of aryl methyl sites for hydroxylation is 1. The lowest BCUT2D eigenvalue weighted by Crippen LogP contribution is -2.26. The van der Waals surface area contributed by atoms with E-state index in [-0.39, 0.29) is 11.7 Å². The van der Waals surface area contributed by atoms with E-state index in [1.165, 1.54) is 18.9 Å². The van der Waals surface area contributed by atoms with Crippen LogP contribution in [0.5, 0.6) is 0 Å². The highest BCUT2D eigenvalue weighted by atomic mass is 19.1. The second-order valence-corrected chi connectivity index (χ2v) is 5.98. The third kappa shape index (κ3) is 2.91. The van der Waals surface area contributed by atoms with E-state index in [1.54, 1.807) is 12.1 Å². The van der Waals surface area contributed by atoms with E-state index in [0.717, 1.165) is 17.0 Å². The monoisotopic (exact) mass is 300 g/mol. The molecule has 1 saturated carbocycles. The van der Waals surface area contributed by atoms with Crippen LogP contribution in [0.25, 0.3) is 0 Å². The Morgan fingerprint density at radius 2 is 2.05 bits per heavy atom. The van der Waals surface area contributed by atoms with Crippen LogP contribution < -0.4 is 5.32 Å². The van der Waals surface area contributed by atoms with Gasteiger partial charge >= 0.3 is 0 Å². The number of aromatic nitrogens is 1. The molecule has 0 aliphatic heterocycles. The summed E-state index contributed by atoms with van der Waals surface area (Å²) in [6, 6.07) is 9.20. The largest absolute Gasteiger partial charge is 0.352 e.